The second kappa shape index (κ2) is 6.40. The van der Waals surface area contributed by atoms with Gasteiger partial charge in [-0.3, -0.25) is 0 Å². The van der Waals surface area contributed by atoms with Crippen LogP contribution in [0, 0.1) is 0 Å². The molecule has 2 aromatic rings. The fraction of sp³-hybridized carbons (Fsp3) is 0.238. The Morgan fingerprint density at radius 3 is 2.04 bits per heavy atom. The van der Waals surface area contributed by atoms with Crippen molar-refractivity contribution in [3.05, 3.63) is 59.1 Å². The highest BCUT2D eigenvalue weighted by molar-refractivity contribution is 9.10. The van der Waals surface area contributed by atoms with Crippen LogP contribution in [0.25, 0.3) is 10.8 Å². The standard InChI is InChI=1S/C21H17BrO4/c1-3-16(23)25-20-14-8-7-13(22)10-15(14)21(26-17(24)4-2)19-12-6-5-11(9-12)18(19)20/h3-4,7-8,10-12H,1-2,5-6,9H2. The smallest absolute Gasteiger partial charge is 0.335 e. The monoisotopic (exact) mass is 412 g/mol. The van der Waals surface area contributed by atoms with Crippen LogP contribution in [0.4, 0.5) is 0 Å². The van der Waals surface area contributed by atoms with E-state index in [9.17, 15) is 9.59 Å². The van der Waals surface area contributed by atoms with Gasteiger partial charge >= 0.3 is 11.9 Å². The minimum Gasteiger partial charge on any atom is -0.422 e. The van der Waals surface area contributed by atoms with E-state index >= 15 is 0 Å². The molecule has 2 aromatic carbocycles. The minimum atomic E-state index is -0.493. The molecule has 0 N–H and O–H groups in total. The van der Waals surface area contributed by atoms with Gasteiger partial charge in [0.15, 0.2) is 0 Å². The summed E-state index contributed by atoms with van der Waals surface area (Å²) in [6.45, 7) is 7.00. The van der Waals surface area contributed by atoms with Gasteiger partial charge in [0.05, 0.1) is 0 Å². The highest BCUT2D eigenvalue weighted by Crippen LogP contribution is 2.61. The van der Waals surface area contributed by atoms with Gasteiger partial charge in [0.25, 0.3) is 0 Å². The van der Waals surface area contributed by atoms with E-state index in [4.69, 9.17) is 9.47 Å². The quantitative estimate of drug-likeness (QED) is 0.395. The van der Waals surface area contributed by atoms with Crippen LogP contribution in [-0.4, -0.2) is 11.9 Å². The van der Waals surface area contributed by atoms with Gasteiger partial charge in [-0.2, -0.15) is 0 Å². The minimum absolute atomic E-state index is 0.312. The van der Waals surface area contributed by atoms with Crippen molar-refractivity contribution in [2.45, 2.75) is 31.1 Å². The highest BCUT2D eigenvalue weighted by Gasteiger charge is 2.43. The van der Waals surface area contributed by atoms with Crippen molar-refractivity contribution in [3.8, 4) is 11.5 Å². The van der Waals surface area contributed by atoms with E-state index in [0.29, 0.717) is 23.3 Å². The molecule has 5 heteroatoms. The predicted molar refractivity (Wildman–Crippen MR) is 103 cm³/mol. The van der Waals surface area contributed by atoms with E-state index in [2.05, 4.69) is 29.1 Å². The molecule has 2 unspecified atom stereocenters. The van der Waals surface area contributed by atoms with Crippen molar-refractivity contribution >= 4 is 38.6 Å². The zero-order valence-corrected chi connectivity index (χ0v) is 15.7. The van der Waals surface area contributed by atoms with Crippen molar-refractivity contribution in [2.24, 2.45) is 0 Å². The topological polar surface area (TPSA) is 52.6 Å². The first-order valence-electron chi connectivity index (χ1n) is 8.51. The normalized spacial score (nSPS) is 19.9. The summed E-state index contributed by atoms with van der Waals surface area (Å²) in [7, 11) is 0. The SMILES string of the molecule is C=CC(=O)Oc1c2c(c(OC(=O)C=C)c3cc(Br)ccc13)C1CCC2C1. The first kappa shape index (κ1) is 17.0. The third kappa shape index (κ3) is 2.58. The van der Waals surface area contributed by atoms with Gasteiger partial charge in [0.1, 0.15) is 11.5 Å². The summed E-state index contributed by atoms with van der Waals surface area (Å²) in [6, 6.07) is 5.65. The van der Waals surface area contributed by atoms with Crippen molar-refractivity contribution in [3.63, 3.8) is 0 Å². The lowest BCUT2D eigenvalue weighted by atomic mass is 9.87. The average Bonchev–Trinajstić information content (AvgIpc) is 3.25. The molecule has 132 valence electrons. The number of halogens is 1. The summed E-state index contributed by atoms with van der Waals surface area (Å²) in [5, 5.41) is 1.49. The average molecular weight is 413 g/mol. The molecule has 2 aliphatic rings. The number of carbonyl (C=O) groups is 2. The van der Waals surface area contributed by atoms with E-state index in [1.54, 1.807) is 0 Å². The van der Waals surface area contributed by atoms with E-state index in [1.807, 2.05) is 18.2 Å². The van der Waals surface area contributed by atoms with Gasteiger partial charge in [-0.1, -0.05) is 29.1 Å². The Labute approximate surface area is 159 Å². The van der Waals surface area contributed by atoms with Crippen molar-refractivity contribution < 1.29 is 19.1 Å². The van der Waals surface area contributed by atoms with E-state index in [1.165, 1.54) is 0 Å². The van der Waals surface area contributed by atoms with Gasteiger partial charge in [-0.15, -0.1) is 0 Å². The Hall–Kier alpha value is -2.40. The predicted octanol–water partition coefficient (Wildman–Crippen LogP) is 5.15. The summed E-state index contributed by atoms with van der Waals surface area (Å²) in [5.74, 6) is 0.774. The van der Waals surface area contributed by atoms with Crippen LogP contribution in [0.15, 0.2) is 48.0 Å². The summed E-state index contributed by atoms with van der Waals surface area (Å²) < 4.78 is 12.2. The Bertz CT molecular complexity index is 976. The fourth-order valence-corrected chi connectivity index (χ4v) is 4.62. The lowest BCUT2D eigenvalue weighted by Gasteiger charge is -2.24. The molecule has 1 saturated carbocycles. The number of carbonyl (C=O) groups excluding carboxylic acids is 2. The molecule has 0 heterocycles. The second-order valence-corrected chi connectivity index (χ2v) is 7.55. The number of rotatable bonds is 4. The fourth-order valence-electron chi connectivity index (χ4n) is 4.26. The molecule has 0 aromatic heterocycles. The Morgan fingerprint density at radius 2 is 1.50 bits per heavy atom. The molecule has 2 bridgehead atoms. The first-order chi connectivity index (χ1) is 12.5. The molecule has 0 saturated heterocycles. The second-order valence-electron chi connectivity index (χ2n) is 6.63. The molecule has 0 spiro atoms. The van der Waals surface area contributed by atoms with Gasteiger partial charge in [-0.25, -0.2) is 9.59 Å². The highest BCUT2D eigenvalue weighted by atomic mass is 79.9. The van der Waals surface area contributed by atoms with Crippen LogP contribution in [0.3, 0.4) is 0 Å². The number of esters is 2. The zero-order chi connectivity index (χ0) is 18.4. The molecule has 26 heavy (non-hydrogen) atoms. The van der Waals surface area contributed by atoms with E-state index in [-0.39, 0.29) is 0 Å². The molecular formula is C21H17BrO4. The molecule has 2 atom stereocenters. The maximum atomic E-state index is 12.0. The molecule has 0 amide bonds. The van der Waals surface area contributed by atoms with Gasteiger partial charge < -0.3 is 9.47 Å². The Morgan fingerprint density at radius 1 is 0.962 bits per heavy atom. The molecule has 4 nitrogen and oxygen atoms in total. The lowest BCUT2D eigenvalue weighted by Crippen LogP contribution is -2.12. The summed E-state index contributed by atoms with van der Waals surface area (Å²) in [6.07, 6.45) is 5.41. The maximum Gasteiger partial charge on any atom is 0.335 e. The van der Waals surface area contributed by atoms with Gasteiger partial charge in [0.2, 0.25) is 0 Å². The molecule has 0 aliphatic heterocycles. The first-order valence-corrected chi connectivity index (χ1v) is 9.30. The Kier molecular flexibility index (Phi) is 4.19. The summed E-state index contributed by atoms with van der Waals surface area (Å²) >= 11 is 3.48. The maximum absolute atomic E-state index is 12.0. The summed E-state index contributed by atoms with van der Waals surface area (Å²) in [5.41, 5.74) is 1.99. The zero-order valence-electron chi connectivity index (χ0n) is 14.1. The van der Waals surface area contributed by atoms with Crippen molar-refractivity contribution in [2.75, 3.05) is 0 Å². The van der Waals surface area contributed by atoms with Crippen LogP contribution in [-0.2, 0) is 9.59 Å². The van der Waals surface area contributed by atoms with Gasteiger partial charge in [-0.05, 0) is 49.3 Å². The molecular weight excluding hydrogens is 396 g/mol. The number of ether oxygens (including phenoxy) is 2. The molecule has 1 fully saturated rings. The van der Waals surface area contributed by atoms with Crippen LogP contribution >= 0.6 is 15.9 Å². The molecule has 2 aliphatic carbocycles. The van der Waals surface area contributed by atoms with E-state index < -0.39 is 11.9 Å². The van der Waals surface area contributed by atoms with Crippen LogP contribution in [0.1, 0.15) is 42.2 Å². The number of fused-ring (bicyclic) bond motifs is 6. The number of hydrogen-bond donors (Lipinski definition) is 0. The van der Waals surface area contributed by atoms with E-state index in [0.717, 1.165) is 57.8 Å². The van der Waals surface area contributed by atoms with Crippen molar-refractivity contribution in [1.29, 1.82) is 0 Å². The lowest BCUT2D eigenvalue weighted by molar-refractivity contribution is -0.130. The Balaban J connectivity index is 2.06. The molecule has 4 rings (SSSR count). The van der Waals surface area contributed by atoms with Crippen LogP contribution in [0.2, 0.25) is 0 Å². The third-order valence-electron chi connectivity index (χ3n) is 5.24. The summed E-state index contributed by atoms with van der Waals surface area (Å²) in [4.78, 5) is 23.9. The third-order valence-corrected chi connectivity index (χ3v) is 5.73. The van der Waals surface area contributed by atoms with Gasteiger partial charge in [0, 0.05) is 38.5 Å². The number of benzene rings is 2. The van der Waals surface area contributed by atoms with Crippen LogP contribution in [0.5, 0.6) is 11.5 Å². The number of hydrogen-bond acceptors (Lipinski definition) is 4. The van der Waals surface area contributed by atoms with Crippen LogP contribution < -0.4 is 9.47 Å². The molecule has 0 radical (unpaired) electrons. The van der Waals surface area contributed by atoms with Crippen molar-refractivity contribution in [1.82, 2.24) is 0 Å². The largest absolute Gasteiger partial charge is 0.422 e.